The molecule has 0 aromatic heterocycles. The van der Waals surface area contributed by atoms with Crippen molar-refractivity contribution in [2.75, 3.05) is 39.5 Å². The maximum absolute atomic E-state index is 13.5. The minimum atomic E-state index is -4.12. The average molecular weight is 493 g/mol. The van der Waals surface area contributed by atoms with E-state index in [9.17, 15) is 19.5 Å². The number of nitrogens with one attached hydrogen (secondary N) is 1. The van der Waals surface area contributed by atoms with E-state index in [-0.39, 0.29) is 23.8 Å². The lowest BCUT2D eigenvalue weighted by molar-refractivity contribution is -0.384. The number of ether oxygens (including phenoxy) is 2. The molecule has 0 aliphatic carbocycles. The third-order valence-corrected chi connectivity index (χ3v) is 6.52. The zero-order valence-corrected chi connectivity index (χ0v) is 19.7. The topological polar surface area (TPSA) is 129 Å². The Bertz CT molecular complexity index is 983. The molecule has 0 saturated carbocycles. The van der Waals surface area contributed by atoms with Gasteiger partial charge in [0.15, 0.2) is 0 Å². The summed E-state index contributed by atoms with van der Waals surface area (Å²) in [5, 5.41) is 13.5. The van der Waals surface area contributed by atoms with Gasteiger partial charge in [0, 0.05) is 31.8 Å². The quantitative estimate of drug-likeness (QED) is 0.154. The second kappa shape index (κ2) is 12.5. The number of carbonyl (C=O) groups excluding carboxylic acids is 1. The number of para-hydroxylation sites is 1. The van der Waals surface area contributed by atoms with Gasteiger partial charge >= 0.3 is 13.7 Å². The summed E-state index contributed by atoms with van der Waals surface area (Å²) in [6.45, 7) is 5.60. The monoisotopic (exact) mass is 493 g/mol. The average Bonchev–Trinajstić information content (AvgIpc) is 2.83. The van der Waals surface area contributed by atoms with Gasteiger partial charge < -0.3 is 18.5 Å². The van der Waals surface area contributed by atoms with Crippen LogP contribution in [0.4, 0.5) is 5.69 Å². The molecule has 1 heterocycles. The molecule has 0 radical (unpaired) electrons. The number of rotatable bonds is 12. The van der Waals surface area contributed by atoms with Crippen LogP contribution in [0.2, 0.25) is 0 Å². The van der Waals surface area contributed by atoms with Crippen LogP contribution in [0, 0.1) is 10.1 Å². The van der Waals surface area contributed by atoms with Gasteiger partial charge in [-0.2, -0.15) is 5.09 Å². The van der Waals surface area contributed by atoms with Crippen molar-refractivity contribution in [3.05, 3.63) is 64.7 Å². The standard InChI is InChI=1S/C22H28N3O8P/c1-18(22(26)31-15-5-12-24-13-16-30-17-14-24)23-34(29,32-20-6-3-2-4-7-20)33-21-10-8-19(9-11-21)25(27)28/h2-4,6-11,18H,5,12-17H2,1H3,(H,23,29). The first-order valence-corrected chi connectivity index (χ1v) is 12.4. The predicted molar refractivity (Wildman–Crippen MR) is 124 cm³/mol. The summed E-state index contributed by atoms with van der Waals surface area (Å²) in [5.74, 6) is -0.277. The molecule has 2 unspecified atom stereocenters. The van der Waals surface area contributed by atoms with Crippen molar-refractivity contribution in [2.24, 2.45) is 0 Å². The number of carbonyl (C=O) groups is 1. The number of nitro benzene ring substituents is 1. The van der Waals surface area contributed by atoms with Crippen LogP contribution in [0.5, 0.6) is 11.5 Å². The van der Waals surface area contributed by atoms with E-state index in [4.69, 9.17) is 18.5 Å². The Morgan fingerprint density at radius 2 is 1.74 bits per heavy atom. The number of benzene rings is 2. The lowest BCUT2D eigenvalue weighted by Crippen LogP contribution is -2.38. The Hall–Kier alpha value is -2.98. The van der Waals surface area contributed by atoms with E-state index in [0.29, 0.717) is 19.6 Å². The van der Waals surface area contributed by atoms with Crippen molar-refractivity contribution < 1.29 is 32.8 Å². The molecule has 0 bridgehead atoms. The normalized spacial score (nSPS) is 16.7. The van der Waals surface area contributed by atoms with Crippen LogP contribution < -0.4 is 14.1 Å². The van der Waals surface area contributed by atoms with Crippen molar-refractivity contribution in [1.29, 1.82) is 0 Å². The summed E-state index contributed by atoms with van der Waals surface area (Å²) in [6, 6.07) is 12.4. The van der Waals surface area contributed by atoms with E-state index in [1.165, 1.54) is 31.2 Å². The van der Waals surface area contributed by atoms with Crippen LogP contribution in [0.3, 0.4) is 0 Å². The van der Waals surface area contributed by atoms with Crippen molar-refractivity contribution in [1.82, 2.24) is 9.99 Å². The fraction of sp³-hybridized carbons (Fsp3) is 0.409. The van der Waals surface area contributed by atoms with E-state index in [2.05, 4.69) is 9.99 Å². The van der Waals surface area contributed by atoms with Gasteiger partial charge in [-0.15, -0.1) is 0 Å². The smallest absolute Gasteiger partial charge is 0.464 e. The molecule has 1 aliphatic heterocycles. The van der Waals surface area contributed by atoms with Gasteiger partial charge in [0.1, 0.15) is 17.5 Å². The fourth-order valence-corrected chi connectivity index (χ4v) is 4.68. The molecule has 2 atom stereocenters. The molecule has 2 aromatic rings. The molecule has 3 rings (SSSR count). The summed E-state index contributed by atoms with van der Waals surface area (Å²) < 4.78 is 35.2. The SMILES string of the molecule is CC(NP(=O)(Oc1ccccc1)Oc1ccc([N+](=O)[O-])cc1)C(=O)OCCCN1CCOCC1. The Kier molecular flexibility index (Phi) is 9.41. The minimum absolute atomic E-state index is 0.0726. The molecule has 2 aromatic carbocycles. The molecule has 12 heteroatoms. The number of esters is 1. The van der Waals surface area contributed by atoms with E-state index >= 15 is 0 Å². The van der Waals surface area contributed by atoms with Crippen LogP contribution >= 0.6 is 7.75 Å². The number of morpholine rings is 1. The predicted octanol–water partition coefficient (Wildman–Crippen LogP) is 3.40. The molecular formula is C22H28N3O8P. The second-order valence-electron chi connectivity index (χ2n) is 7.57. The van der Waals surface area contributed by atoms with Gasteiger partial charge in [0.2, 0.25) is 0 Å². The van der Waals surface area contributed by atoms with Gasteiger partial charge in [0.25, 0.3) is 5.69 Å². The van der Waals surface area contributed by atoms with Crippen LogP contribution in [-0.2, 0) is 18.8 Å². The first-order chi connectivity index (χ1) is 16.3. The van der Waals surface area contributed by atoms with E-state index < -0.39 is 24.7 Å². The number of nitro groups is 1. The Labute approximate surface area is 197 Å². The summed E-state index contributed by atoms with van der Waals surface area (Å²) in [5.41, 5.74) is -0.145. The molecule has 0 amide bonds. The second-order valence-corrected chi connectivity index (χ2v) is 9.19. The third-order valence-electron chi connectivity index (χ3n) is 4.91. The first kappa shape index (κ1) is 25.6. The highest BCUT2D eigenvalue weighted by Gasteiger charge is 2.34. The highest BCUT2D eigenvalue weighted by atomic mass is 31.2. The maximum Gasteiger partial charge on any atom is 0.513 e. The number of hydrogen-bond donors (Lipinski definition) is 1. The molecule has 34 heavy (non-hydrogen) atoms. The Morgan fingerprint density at radius 3 is 2.35 bits per heavy atom. The first-order valence-electron chi connectivity index (χ1n) is 10.9. The van der Waals surface area contributed by atoms with Crippen LogP contribution in [0.1, 0.15) is 13.3 Å². The molecule has 1 N–H and O–H groups in total. The van der Waals surface area contributed by atoms with E-state index in [1.807, 2.05) is 0 Å². The maximum atomic E-state index is 13.5. The van der Waals surface area contributed by atoms with Gasteiger partial charge in [-0.1, -0.05) is 18.2 Å². The lowest BCUT2D eigenvalue weighted by Gasteiger charge is -2.26. The number of nitrogens with zero attached hydrogens (tertiary/aromatic N) is 2. The summed E-state index contributed by atoms with van der Waals surface area (Å²) >= 11 is 0. The van der Waals surface area contributed by atoms with Crippen LogP contribution in [-0.4, -0.2) is 61.3 Å². The zero-order chi connectivity index (χ0) is 24.4. The Morgan fingerprint density at radius 1 is 1.12 bits per heavy atom. The van der Waals surface area contributed by atoms with Crippen molar-refractivity contribution >= 4 is 19.4 Å². The molecule has 1 fully saturated rings. The van der Waals surface area contributed by atoms with Gasteiger partial charge in [-0.05, 0) is 37.6 Å². The number of hydrogen-bond acceptors (Lipinski definition) is 9. The molecular weight excluding hydrogens is 465 g/mol. The minimum Gasteiger partial charge on any atom is -0.464 e. The van der Waals surface area contributed by atoms with E-state index in [1.54, 1.807) is 30.3 Å². The molecule has 1 aliphatic rings. The summed E-state index contributed by atoms with van der Waals surface area (Å²) in [6.07, 6.45) is 0.663. The van der Waals surface area contributed by atoms with Crippen molar-refractivity contribution in [3.8, 4) is 11.5 Å². The molecule has 184 valence electrons. The zero-order valence-electron chi connectivity index (χ0n) is 18.8. The lowest BCUT2D eigenvalue weighted by atomic mass is 10.3. The van der Waals surface area contributed by atoms with Crippen LogP contribution in [0.15, 0.2) is 54.6 Å². The summed E-state index contributed by atoms with van der Waals surface area (Å²) in [4.78, 5) is 25.0. The molecule has 0 spiro atoms. The third kappa shape index (κ3) is 8.11. The number of non-ortho nitro benzene ring substituents is 1. The Balaban J connectivity index is 1.59. The van der Waals surface area contributed by atoms with E-state index in [0.717, 1.165) is 19.6 Å². The largest absolute Gasteiger partial charge is 0.513 e. The van der Waals surface area contributed by atoms with Gasteiger partial charge in [-0.3, -0.25) is 19.8 Å². The van der Waals surface area contributed by atoms with Crippen molar-refractivity contribution in [2.45, 2.75) is 19.4 Å². The summed E-state index contributed by atoms with van der Waals surface area (Å²) in [7, 11) is -4.12. The highest BCUT2D eigenvalue weighted by Crippen LogP contribution is 2.45. The molecule has 1 saturated heterocycles. The highest BCUT2D eigenvalue weighted by molar-refractivity contribution is 7.52. The van der Waals surface area contributed by atoms with Gasteiger partial charge in [0.05, 0.1) is 24.7 Å². The van der Waals surface area contributed by atoms with Crippen LogP contribution in [0.25, 0.3) is 0 Å². The fourth-order valence-electron chi connectivity index (χ4n) is 3.16. The molecule has 11 nitrogen and oxygen atoms in total. The van der Waals surface area contributed by atoms with Gasteiger partial charge in [-0.25, -0.2) is 4.57 Å². The van der Waals surface area contributed by atoms with Crippen molar-refractivity contribution in [3.63, 3.8) is 0 Å².